The van der Waals surface area contributed by atoms with Crippen LogP contribution in [0.25, 0.3) is 0 Å². The third-order valence-electron chi connectivity index (χ3n) is 1.95. The molecule has 1 fully saturated rings. The first-order valence-electron chi connectivity index (χ1n) is 3.69. The molecule has 0 bridgehead atoms. The quantitative estimate of drug-likeness (QED) is 0.757. The number of aliphatic hydroxyl groups is 1. The average Bonchev–Trinajstić information content (AvgIpc) is 2.74. The lowest BCUT2D eigenvalue weighted by Gasteiger charge is -2.03. The van der Waals surface area contributed by atoms with Crippen LogP contribution in [0.3, 0.4) is 0 Å². The summed E-state index contributed by atoms with van der Waals surface area (Å²) in [6, 6.07) is 1.86. The third-order valence-corrected chi connectivity index (χ3v) is 3.30. The third kappa shape index (κ3) is 1.58. The van der Waals surface area contributed by atoms with E-state index in [1.807, 2.05) is 11.4 Å². The smallest absolute Gasteiger partial charge is 0.0910 e. The monoisotopic (exact) mass is 188 g/mol. The molecule has 0 radical (unpaired) electrons. The summed E-state index contributed by atoms with van der Waals surface area (Å²) in [7, 11) is 0. The second-order valence-electron chi connectivity index (χ2n) is 2.95. The Hall–Kier alpha value is -0.0500. The van der Waals surface area contributed by atoms with Gasteiger partial charge < -0.3 is 5.11 Å². The van der Waals surface area contributed by atoms with E-state index in [1.54, 1.807) is 11.3 Å². The van der Waals surface area contributed by atoms with Crippen molar-refractivity contribution in [2.24, 2.45) is 5.92 Å². The van der Waals surface area contributed by atoms with Crippen LogP contribution in [0.2, 0.25) is 5.02 Å². The predicted molar refractivity (Wildman–Crippen MR) is 47.0 cm³/mol. The number of thiophene rings is 1. The van der Waals surface area contributed by atoms with Crippen molar-refractivity contribution < 1.29 is 5.11 Å². The van der Waals surface area contributed by atoms with Crippen LogP contribution in [0.1, 0.15) is 23.8 Å². The van der Waals surface area contributed by atoms with Gasteiger partial charge in [0.15, 0.2) is 0 Å². The lowest BCUT2D eigenvalue weighted by atomic mass is 10.2. The molecule has 1 N–H and O–H groups in total. The van der Waals surface area contributed by atoms with Gasteiger partial charge in [0.25, 0.3) is 0 Å². The normalized spacial score (nSPS) is 20.2. The Morgan fingerprint density at radius 1 is 1.64 bits per heavy atom. The van der Waals surface area contributed by atoms with Crippen molar-refractivity contribution >= 4 is 22.9 Å². The zero-order valence-electron chi connectivity index (χ0n) is 5.96. The van der Waals surface area contributed by atoms with Crippen LogP contribution < -0.4 is 0 Å². The molecule has 1 nitrogen and oxygen atoms in total. The highest BCUT2D eigenvalue weighted by molar-refractivity contribution is 7.10. The largest absolute Gasteiger partial charge is 0.387 e. The lowest BCUT2D eigenvalue weighted by Crippen LogP contribution is -1.95. The fourth-order valence-electron chi connectivity index (χ4n) is 1.13. The van der Waals surface area contributed by atoms with Crippen LogP contribution in [0.5, 0.6) is 0 Å². The van der Waals surface area contributed by atoms with Gasteiger partial charge in [0, 0.05) is 10.3 Å². The van der Waals surface area contributed by atoms with Gasteiger partial charge in [0.2, 0.25) is 0 Å². The summed E-state index contributed by atoms with van der Waals surface area (Å²) in [5.41, 5.74) is 0. The van der Waals surface area contributed by atoms with Crippen LogP contribution in [0.15, 0.2) is 11.4 Å². The van der Waals surface area contributed by atoms with Crippen LogP contribution in [-0.2, 0) is 0 Å². The van der Waals surface area contributed by atoms with Crippen LogP contribution in [-0.4, -0.2) is 5.11 Å². The molecule has 1 aliphatic rings. The summed E-state index contributed by atoms with van der Waals surface area (Å²) < 4.78 is 0. The molecule has 0 aliphatic heterocycles. The number of aliphatic hydroxyl groups excluding tert-OH is 1. The summed E-state index contributed by atoms with van der Waals surface area (Å²) in [6.45, 7) is 0. The maximum atomic E-state index is 9.63. The lowest BCUT2D eigenvalue weighted by molar-refractivity contribution is 0.157. The molecule has 0 saturated heterocycles. The molecule has 0 amide bonds. The van der Waals surface area contributed by atoms with E-state index in [0.717, 1.165) is 22.7 Å². The van der Waals surface area contributed by atoms with E-state index in [-0.39, 0.29) is 6.10 Å². The molecule has 1 aromatic heterocycles. The summed E-state index contributed by atoms with van der Waals surface area (Å²) >= 11 is 7.27. The predicted octanol–water partition coefficient (Wildman–Crippen LogP) is 2.84. The minimum atomic E-state index is -0.257. The fraction of sp³-hybridized carbons (Fsp3) is 0.500. The summed E-state index contributed by atoms with van der Waals surface area (Å²) in [4.78, 5) is 1.01. The zero-order valence-corrected chi connectivity index (χ0v) is 7.53. The van der Waals surface area contributed by atoms with Gasteiger partial charge in [-0.15, -0.1) is 11.3 Å². The second-order valence-corrected chi connectivity index (χ2v) is 4.33. The Bertz CT molecular complexity index is 254. The minimum absolute atomic E-state index is 0.257. The van der Waals surface area contributed by atoms with Gasteiger partial charge in [0.1, 0.15) is 0 Å². The average molecular weight is 189 g/mol. The second kappa shape index (κ2) is 2.77. The highest BCUT2D eigenvalue weighted by Gasteiger charge is 2.31. The van der Waals surface area contributed by atoms with Crippen LogP contribution in [0.4, 0.5) is 0 Å². The van der Waals surface area contributed by atoms with Crippen molar-refractivity contribution in [2.45, 2.75) is 18.9 Å². The molecule has 0 spiro atoms. The molecule has 1 heterocycles. The fourth-order valence-corrected chi connectivity index (χ4v) is 2.29. The number of halogens is 1. The molecule has 1 aromatic rings. The van der Waals surface area contributed by atoms with Crippen molar-refractivity contribution in [1.29, 1.82) is 0 Å². The van der Waals surface area contributed by atoms with Crippen LogP contribution in [0, 0.1) is 5.92 Å². The van der Waals surface area contributed by atoms with Gasteiger partial charge in [-0.2, -0.15) is 0 Å². The molecular weight excluding hydrogens is 180 g/mol. The van der Waals surface area contributed by atoms with E-state index >= 15 is 0 Å². The number of hydrogen-bond donors (Lipinski definition) is 1. The van der Waals surface area contributed by atoms with Crippen molar-refractivity contribution in [2.75, 3.05) is 0 Å². The zero-order chi connectivity index (χ0) is 7.84. The van der Waals surface area contributed by atoms with Gasteiger partial charge in [-0.05, 0) is 24.8 Å². The standard InChI is InChI=1S/C8H9ClOS/c9-6-3-7(11-4-6)8(10)5-1-2-5/h3-5,8,10H,1-2H2. The van der Waals surface area contributed by atoms with Gasteiger partial charge >= 0.3 is 0 Å². The van der Waals surface area contributed by atoms with Crippen molar-refractivity contribution in [3.63, 3.8) is 0 Å². The molecule has 3 heteroatoms. The highest BCUT2D eigenvalue weighted by atomic mass is 35.5. The minimum Gasteiger partial charge on any atom is -0.387 e. The summed E-state index contributed by atoms with van der Waals surface area (Å²) in [5.74, 6) is 0.504. The Kier molecular flexibility index (Phi) is 1.91. The van der Waals surface area contributed by atoms with Crippen molar-refractivity contribution in [3.05, 3.63) is 21.3 Å². The number of rotatable bonds is 2. The van der Waals surface area contributed by atoms with E-state index in [0.29, 0.717) is 5.92 Å². The SMILES string of the molecule is OC(c1cc(Cl)cs1)C1CC1. The van der Waals surface area contributed by atoms with Crippen molar-refractivity contribution in [1.82, 2.24) is 0 Å². The van der Waals surface area contributed by atoms with Gasteiger partial charge in [-0.1, -0.05) is 11.6 Å². The first-order chi connectivity index (χ1) is 5.27. The first kappa shape index (κ1) is 7.59. The summed E-state index contributed by atoms with van der Waals surface area (Å²) in [6.07, 6.45) is 2.07. The van der Waals surface area contributed by atoms with E-state index in [2.05, 4.69) is 0 Å². The highest BCUT2D eigenvalue weighted by Crippen LogP contribution is 2.42. The molecule has 1 saturated carbocycles. The topological polar surface area (TPSA) is 20.2 Å². The van der Waals surface area contributed by atoms with Gasteiger partial charge in [0.05, 0.1) is 11.1 Å². The first-order valence-corrected chi connectivity index (χ1v) is 4.95. The number of hydrogen-bond acceptors (Lipinski definition) is 2. The maximum absolute atomic E-state index is 9.63. The molecule has 2 rings (SSSR count). The Labute approximate surface area is 74.6 Å². The molecular formula is C8H9ClOS. The molecule has 11 heavy (non-hydrogen) atoms. The van der Waals surface area contributed by atoms with Gasteiger partial charge in [-0.3, -0.25) is 0 Å². The Morgan fingerprint density at radius 2 is 2.36 bits per heavy atom. The maximum Gasteiger partial charge on any atom is 0.0910 e. The van der Waals surface area contributed by atoms with E-state index in [1.165, 1.54) is 0 Å². The van der Waals surface area contributed by atoms with Crippen molar-refractivity contribution in [3.8, 4) is 0 Å². The van der Waals surface area contributed by atoms with Crippen LogP contribution >= 0.6 is 22.9 Å². The summed E-state index contributed by atoms with van der Waals surface area (Å²) in [5, 5.41) is 12.2. The molecule has 1 aliphatic carbocycles. The Balaban J connectivity index is 2.14. The molecule has 1 atom stereocenters. The molecule has 60 valence electrons. The molecule has 0 aromatic carbocycles. The Morgan fingerprint density at radius 3 is 2.82 bits per heavy atom. The van der Waals surface area contributed by atoms with E-state index in [4.69, 9.17) is 11.6 Å². The van der Waals surface area contributed by atoms with E-state index < -0.39 is 0 Å². The van der Waals surface area contributed by atoms with E-state index in [9.17, 15) is 5.11 Å². The van der Waals surface area contributed by atoms with Gasteiger partial charge in [-0.25, -0.2) is 0 Å². The molecule has 1 unspecified atom stereocenters.